The monoisotopic (exact) mass is 480 g/mol. The number of rotatable bonds is 13. The molecule has 0 bridgehead atoms. The van der Waals surface area contributed by atoms with Gasteiger partial charge >= 0.3 is 12.1 Å². The van der Waals surface area contributed by atoms with Crippen LogP contribution < -0.4 is 10.6 Å². The summed E-state index contributed by atoms with van der Waals surface area (Å²) in [5.74, 6) is -1.23. The normalized spacial score (nSPS) is 13.9. The Morgan fingerprint density at radius 2 is 1.46 bits per heavy atom. The average Bonchev–Trinajstić information content (AvgIpc) is 3.14. The predicted molar refractivity (Wildman–Crippen MR) is 135 cm³/mol. The molecule has 0 radical (unpaired) electrons. The van der Waals surface area contributed by atoms with E-state index in [0.29, 0.717) is 12.8 Å². The van der Waals surface area contributed by atoms with Crippen molar-refractivity contribution in [3.63, 3.8) is 0 Å². The lowest BCUT2D eigenvalue weighted by atomic mass is 9.98. The van der Waals surface area contributed by atoms with Crippen molar-refractivity contribution in [1.29, 1.82) is 0 Å². The molecule has 0 aromatic heterocycles. The van der Waals surface area contributed by atoms with E-state index in [2.05, 4.69) is 34.9 Å². The van der Waals surface area contributed by atoms with Crippen LogP contribution in [-0.2, 0) is 14.3 Å². The first-order valence-corrected chi connectivity index (χ1v) is 12.6. The van der Waals surface area contributed by atoms with Crippen LogP contribution in [0.4, 0.5) is 4.79 Å². The summed E-state index contributed by atoms with van der Waals surface area (Å²) in [5.41, 5.74) is 4.61. The minimum atomic E-state index is -0.937. The van der Waals surface area contributed by atoms with E-state index in [0.717, 1.165) is 41.5 Å². The number of fused-ring (bicyclic) bond motifs is 3. The van der Waals surface area contributed by atoms with Crippen LogP contribution in [0, 0.1) is 0 Å². The molecule has 0 fully saturated rings. The van der Waals surface area contributed by atoms with Crippen LogP contribution in [0.3, 0.4) is 0 Å². The van der Waals surface area contributed by atoms with Crippen molar-refractivity contribution in [2.24, 2.45) is 0 Å². The summed E-state index contributed by atoms with van der Waals surface area (Å²) in [5, 5.41) is 14.8. The summed E-state index contributed by atoms with van der Waals surface area (Å²) in [6.45, 7) is 4.22. The fraction of sp³-hybridized carbons (Fsp3) is 0.464. The third-order valence-electron chi connectivity index (χ3n) is 6.43. The van der Waals surface area contributed by atoms with Crippen LogP contribution in [0.25, 0.3) is 11.1 Å². The molecule has 0 saturated carbocycles. The van der Waals surface area contributed by atoms with E-state index in [9.17, 15) is 14.4 Å². The number of unbranched alkanes of at least 4 members (excludes halogenated alkanes) is 1. The maximum atomic E-state index is 12.7. The molecule has 0 spiro atoms. The minimum Gasteiger partial charge on any atom is -0.481 e. The molecule has 3 rings (SSSR count). The first kappa shape index (κ1) is 26.3. The minimum absolute atomic E-state index is 0.0311. The number of amides is 2. The lowest BCUT2D eigenvalue weighted by molar-refractivity contribution is -0.137. The van der Waals surface area contributed by atoms with Crippen molar-refractivity contribution < 1.29 is 24.2 Å². The van der Waals surface area contributed by atoms with Gasteiger partial charge in [-0.1, -0.05) is 81.6 Å². The van der Waals surface area contributed by atoms with Gasteiger partial charge in [0.2, 0.25) is 5.91 Å². The van der Waals surface area contributed by atoms with Gasteiger partial charge in [-0.15, -0.1) is 0 Å². The van der Waals surface area contributed by atoms with Gasteiger partial charge in [0.25, 0.3) is 0 Å². The van der Waals surface area contributed by atoms with Gasteiger partial charge in [-0.2, -0.15) is 0 Å². The van der Waals surface area contributed by atoms with E-state index in [1.807, 2.05) is 38.1 Å². The molecule has 2 atom stereocenters. The number of benzene rings is 2. The highest BCUT2D eigenvalue weighted by Crippen LogP contribution is 2.44. The third-order valence-corrected chi connectivity index (χ3v) is 6.43. The van der Waals surface area contributed by atoms with Crippen molar-refractivity contribution in [3.05, 3.63) is 59.7 Å². The second-order valence-electron chi connectivity index (χ2n) is 9.16. The van der Waals surface area contributed by atoms with E-state index in [1.165, 1.54) is 0 Å². The smallest absolute Gasteiger partial charge is 0.407 e. The van der Waals surface area contributed by atoms with Crippen molar-refractivity contribution >= 4 is 18.0 Å². The summed E-state index contributed by atoms with van der Waals surface area (Å²) < 4.78 is 5.63. The van der Waals surface area contributed by atoms with E-state index < -0.39 is 18.1 Å². The molecule has 188 valence electrons. The molecule has 0 heterocycles. The first-order valence-electron chi connectivity index (χ1n) is 12.6. The molecular formula is C28H36N2O5. The number of hydrogen-bond acceptors (Lipinski definition) is 4. The van der Waals surface area contributed by atoms with Crippen LogP contribution in [0.5, 0.6) is 0 Å². The average molecular weight is 481 g/mol. The molecule has 1 aliphatic rings. The maximum absolute atomic E-state index is 12.7. The lowest BCUT2D eigenvalue weighted by Gasteiger charge is -2.21. The van der Waals surface area contributed by atoms with Gasteiger partial charge in [0, 0.05) is 24.4 Å². The molecule has 2 aromatic rings. The molecular weight excluding hydrogens is 444 g/mol. The van der Waals surface area contributed by atoms with E-state index in [1.54, 1.807) is 0 Å². The van der Waals surface area contributed by atoms with Crippen molar-refractivity contribution in [3.8, 4) is 11.1 Å². The third kappa shape index (κ3) is 7.31. The highest BCUT2D eigenvalue weighted by Gasteiger charge is 2.29. The van der Waals surface area contributed by atoms with Gasteiger partial charge in [-0.3, -0.25) is 9.59 Å². The van der Waals surface area contributed by atoms with Crippen LogP contribution in [0.2, 0.25) is 0 Å². The first-order chi connectivity index (χ1) is 16.9. The lowest BCUT2D eigenvalue weighted by Crippen LogP contribution is -2.43. The molecule has 2 aromatic carbocycles. The Morgan fingerprint density at radius 1 is 0.857 bits per heavy atom. The van der Waals surface area contributed by atoms with Gasteiger partial charge in [0.05, 0.1) is 6.42 Å². The van der Waals surface area contributed by atoms with E-state index in [4.69, 9.17) is 9.84 Å². The number of aliphatic carboxylic acids is 1. The largest absolute Gasteiger partial charge is 0.481 e. The zero-order chi connectivity index (χ0) is 25.2. The second-order valence-corrected chi connectivity index (χ2v) is 9.16. The van der Waals surface area contributed by atoms with Gasteiger partial charge in [-0.25, -0.2) is 4.79 Å². The zero-order valence-corrected chi connectivity index (χ0v) is 20.6. The number of alkyl carbamates (subject to hydrolysis) is 1. The second kappa shape index (κ2) is 12.9. The Bertz CT molecular complexity index is 976. The van der Waals surface area contributed by atoms with Gasteiger partial charge in [-0.05, 0) is 35.1 Å². The Morgan fingerprint density at radius 3 is 2.03 bits per heavy atom. The quantitative estimate of drug-likeness (QED) is 0.364. The number of ether oxygens (including phenoxy) is 1. The summed E-state index contributed by atoms with van der Waals surface area (Å²) in [6, 6.07) is 15.5. The van der Waals surface area contributed by atoms with Crippen LogP contribution in [0.1, 0.15) is 75.8 Å². The Kier molecular flexibility index (Phi) is 9.70. The van der Waals surface area contributed by atoms with Crippen LogP contribution in [-0.4, -0.2) is 41.8 Å². The maximum Gasteiger partial charge on any atom is 0.407 e. The predicted octanol–water partition coefficient (Wildman–Crippen LogP) is 5.23. The molecule has 7 heteroatoms. The molecule has 0 unspecified atom stereocenters. The van der Waals surface area contributed by atoms with Crippen molar-refractivity contribution in [2.45, 2.75) is 76.8 Å². The summed E-state index contributed by atoms with van der Waals surface area (Å²) >= 11 is 0. The summed E-state index contributed by atoms with van der Waals surface area (Å²) in [7, 11) is 0. The molecule has 0 saturated heterocycles. The number of carboxylic acids is 1. The molecule has 35 heavy (non-hydrogen) atoms. The number of carbonyl (C=O) groups excluding carboxylic acids is 2. The Labute approximate surface area is 207 Å². The molecule has 0 aliphatic heterocycles. The van der Waals surface area contributed by atoms with Crippen LogP contribution in [0.15, 0.2) is 48.5 Å². The molecule has 2 amide bonds. The van der Waals surface area contributed by atoms with Crippen molar-refractivity contribution in [1.82, 2.24) is 10.6 Å². The molecule has 1 aliphatic carbocycles. The highest BCUT2D eigenvalue weighted by molar-refractivity contribution is 5.80. The molecule has 7 nitrogen and oxygen atoms in total. The van der Waals surface area contributed by atoms with Gasteiger partial charge < -0.3 is 20.5 Å². The Hall–Kier alpha value is -3.35. The highest BCUT2D eigenvalue weighted by atomic mass is 16.5. The standard InChI is InChI=1S/C28H36N2O5/c1-3-5-11-20(17-27(32)33)29-26(31)16-19(10-4-2)30-28(34)35-18-25-23-14-8-6-12-21(23)22-13-7-9-15-24(22)25/h6-9,12-15,19-20,25H,3-5,10-11,16-18H2,1-2H3,(H,29,31)(H,30,34)(H,32,33)/t19-,20+/m0/s1. The Balaban J connectivity index is 1.56. The number of hydrogen-bond donors (Lipinski definition) is 3. The van der Waals surface area contributed by atoms with Crippen molar-refractivity contribution in [2.75, 3.05) is 6.61 Å². The van der Waals surface area contributed by atoms with E-state index in [-0.39, 0.29) is 37.3 Å². The fourth-order valence-electron chi connectivity index (χ4n) is 4.78. The van der Waals surface area contributed by atoms with E-state index >= 15 is 0 Å². The SMILES string of the molecule is CCCC[C@H](CC(=O)O)NC(=O)C[C@H](CCC)NC(=O)OCC1c2ccccc2-c2ccccc21. The zero-order valence-electron chi connectivity index (χ0n) is 20.6. The summed E-state index contributed by atoms with van der Waals surface area (Å²) in [4.78, 5) is 36.4. The van der Waals surface area contributed by atoms with Crippen LogP contribution >= 0.6 is 0 Å². The number of nitrogens with one attached hydrogen (secondary N) is 2. The van der Waals surface area contributed by atoms with Gasteiger partial charge in [0.1, 0.15) is 6.61 Å². The topological polar surface area (TPSA) is 105 Å². The van der Waals surface area contributed by atoms with Gasteiger partial charge in [0.15, 0.2) is 0 Å². The fourth-order valence-corrected chi connectivity index (χ4v) is 4.78. The summed E-state index contributed by atoms with van der Waals surface area (Å²) in [6.07, 6.45) is 3.22. The number of carboxylic acid groups (broad SMARTS) is 1. The molecule has 3 N–H and O–H groups in total. The number of carbonyl (C=O) groups is 3.